The van der Waals surface area contributed by atoms with E-state index in [0.717, 1.165) is 0 Å². The molecule has 16 heavy (non-hydrogen) atoms. The van der Waals surface area contributed by atoms with Gasteiger partial charge in [0.15, 0.2) is 0 Å². The van der Waals surface area contributed by atoms with Crippen LogP contribution in [0.15, 0.2) is 0 Å². The first-order valence-corrected chi connectivity index (χ1v) is 5.96. The predicted octanol–water partition coefficient (Wildman–Crippen LogP) is 0.910. The molecule has 88 valence electrons. The Labute approximate surface area is 95.9 Å². The quantitative estimate of drug-likeness (QED) is 0.717. The topological polar surface area (TPSA) is 64.3 Å². The second-order valence-electron chi connectivity index (χ2n) is 5.23. The number of carbonyl (C=O) groups excluding carboxylic acids is 1. The summed E-state index contributed by atoms with van der Waals surface area (Å²) in [4.78, 5) is 14.0. The molecular formula is C12H18N2O2. The van der Waals surface area contributed by atoms with Crippen molar-refractivity contribution in [1.82, 2.24) is 4.90 Å². The van der Waals surface area contributed by atoms with Crippen LogP contribution in [0.25, 0.3) is 0 Å². The lowest BCUT2D eigenvalue weighted by molar-refractivity contribution is -0.147. The number of piperidine rings is 1. The fraction of sp³-hybridized carbons (Fsp3) is 0.833. The molecule has 1 amide bonds. The number of aliphatic hydroxyl groups is 1. The highest BCUT2D eigenvalue weighted by molar-refractivity contribution is 5.86. The van der Waals surface area contributed by atoms with E-state index in [0.29, 0.717) is 44.7 Å². The minimum Gasteiger partial charge on any atom is -0.393 e. The number of rotatable bonds is 1. The van der Waals surface area contributed by atoms with Crippen LogP contribution in [0.2, 0.25) is 0 Å². The van der Waals surface area contributed by atoms with Gasteiger partial charge in [-0.2, -0.15) is 5.26 Å². The number of nitriles is 1. The highest BCUT2D eigenvalue weighted by Gasteiger charge is 2.50. The first kappa shape index (κ1) is 11.4. The Morgan fingerprint density at radius 1 is 1.44 bits per heavy atom. The average molecular weight is 222 g/mol. The molecule has 0 aromatic carbocycles. The number of nitrogens with zero attached hydrogens (tertiary/aromatic N) is 2. The van der Waals surface area contributed by atoms with Crippen molar-refractivity contribution in [3.8, 4) is 6.07 Å². The summed E-state index contributed by atoms with van der Waals surface area (Å²) in [6, 6.07) is 2.20. The number of likely N-dealkylation sites (tertiary alicyclic amines) is 1. The van der Waals surface area contributed by atoms with Gasteiger partial charge in [0.1, 0.15) is 5.41 Å². The molecule has 1 aliphatic heterocycles. The number of aliphatic hydroxyl groups excluding tert-OH is 1. The number of hydrogen-bond acceptors (Lipinski definition) is 3. The molecule has 1 heterocycles. The van der Waals surface area contributed by atoms with E-state index in [4.69, 9.17) is 5.26 Å². The molecular weight excluding hydrogens is 204 g/mol. The van der Waals surface area contributed by atoms with Crippen LogP contribution in [0, 0.1) is 22.7 Å². The van der Waals surface area contributed by atoms with Gasteiger partial charge in [0.05, 0.1) is 12.2 Å². The van der Waals surface area contributed by atoms with Crippen molar-refractivity contribution in [3.05, 3.63) is 0 Å². The van der Waals surface area contributed by atoms with Crippen LogP contribution in [-0.2, 0) is 4.79 Å². The Balaban J connectivity index is 2.00. The highest BCUT2D eigenvalue weighted by atomic mass is 16.3. The predicted molar refractivity (Wildman–Crippen MR) is 58.3 cm³/mol. The summed E-state index contributed by atoms with van der Waals surface area (Å²) in [5, 5.41) is 18.5. The Kier molecular flexibility index (Phi) is 2.90. The van der Waals surface area contributed by atoms with Crippen molar-refractivity contribution < 1.29 is 9.90 Å². The molecule has 4 heteroatoms. The lowest BCUT2D eigenvalue weighted by atomic mass is 9.62. The smallest absolute Gasteiger partial charge is 0.243 e. The van der Waals surface area contributed by atoms with Crippen LogP contribution >= 0.6 is 0 Å². The summed E-state index contributed by atoms with van der Waals surface area (Å²) >= 11 is 0. The molecule has 1 N–H and O–H groups in total. The Morgan fingerprint density at radius 2 is 2.00 bits per heavy atom. The summed E-state index contributed by atoms with van der Waals surface area (Å²) < 4.78 is 0. The van der Waals surface area contributed by atoms with E-state index in [1.54, 1.807) is 4.90 Å². The maximum Gasteiger partial charge on any atom is 0.243 e. The van der Waals surface area contributed by atoms with E-state index >= 15 is 0 Å². The monoisotopic (exact) mass is 222 g/mol. The van der Waals surface area contributed by atoms with Gasteiger partial charge >= 0.3 is 0 Å². The van der Waals surface area contributed by atoms with Gasteiger partial charge in [-0.3, -0.25) is 4.79 Å². The minimum absolute atomic E-state index is 0.0139. The largest absolute Gasteiger partial charge is 0.393 e. The summed E-state index contributed by atoms with van der Waals surface area (Å²) in [5.74, 6) is 0.471. The molecule has 1 saturated heterocycles. The van der Waals surface area contributed by atoms with Crippen molar-refractivity contribution in [3.63, 3.8) is 0 Å². The van der Waals surface area contributed by atoms with Crippen LogP contribution in [0.5, 0.6) is 0 Å². The minimum atomic E-state index is -0.748. The Hall–Kier alpha value is -1.08. The van der Waals surface area contributed by atoms with E-state index in [1.165, 1.54) is 0 Å². The second kappa shape index (κ2) is 4.06. The van der Waals surface area contributed by atoms with E-state index in [2.05, 4.69) is 13.0 Å². The third-order valence-electron chi connectivity index (χ3n) is 3.77. The van der Waals surface area contributed by atoms with Crippen LogP contribution in [-0.4, -0.2) is 35.1 Å². The first-order chi connectivity index (χ1) is 7.57. The normalized spacial score (nSPS) is 35.3. The van der Waals surface area contributed by atoms with E-state index in [1.807, 2.05) is 0 Å². The van der Waals surface area contributed by atoms with Gasteiger partial charge in [0.25, 0.3) is 0 Å². The lowest BCUT2D eigenvalue weighted by Gasteiger charge is -2.43. The van der Waals surface area contributed by atoms with E-state index in [9.17, 15) is 9.90 Å². The fourth-order valence-corrected chi connectivity index (χ4v) is 2.82. The van der Waals surface area contributed by atoms with Crippen molar-refractivity contribution >= 4 is 5.91 Å². The second-order valence-corrected chi connectivity index (χ2v) is 5.23. The molecule has 0 radical (unpaired) electrons. The van der Waals surface area contributed by atoms with Gasteiger partial charge in [-0.05, 0) is 31.6 Å². The zero-order valence-electron chi connectivity index (χ0n) is 9.65. The summed E-state index contributed by atoms with van der Waals surface area (Å²) in [6.07, 6.45) is 2.40. The molecule has 0 spiro atoms. The number of hydrogen-bond donors (Lipinski definition) is 1. The molecule has 2 fully saturated rings. The summed E-state index contributed by atoms with van der Waals surface area (Å²) in [7, 11) is 0. The molecule has 0 atom stereocenters. The average Bonchev–Trinajstić information content (AvgIpc) is 2.24. The molecule has 1 saturated carbocycles. The molecule has 0 unspecified atom stereocenters. The van der Waals surface area contributed by atoms with Crippen molar-refractivity contribution in [2.24, 2.45) is 11.3 Å². The Bertz CT molecular complexity index is 320. The SMILES string of the molecule is CC1CC(C#N)(C(=O)N2CCC(O)CC2)C1. The molecule has 0 bridgehead atoms. The standard InChI is InChI=1S/C12H18N2O2/c1-9-6-12(7-9,8-13)11(16)14-4-2-10(15)3-5-14/h9-10,15H,2-7H2,1H3. The van der Waals surface area contributed by atoms with E-state index in [-0.39, 0.29) is 12.0 Å². The third kappa shape index (κ3) is 1.80. The van der Waals surface area contributed by atoms with Crippen LogP contribution in [0.3, 0.4) is 0 Å². The number of amides is 1. The van der Waals surface area contributed by atoms with Crippen LogP contribution in [0.1, 0.15) is 32.6 Å². The zero-order chi connectivity index (χ0) is 11.8. The van der Waals surface area contributed by atoms with Gasteiger partial charge in [-0.15, -0.1) is 0 Å². The summed E-state index contributed by atoms with van der Waals surface area (Å²) in [6.45, 7) is 3.26. The van der Waals surface area contributed by atoms with Gasteiger partial charge in [-0.1, -0.05) is 6.92 Å². The number of carbonyl (C=O) groups is 1. The fourth-order valence-electron chi connectivity index (χ4n) is 2.82. The maximum atomic E-state index is 12.2. The molecule has 2 rings (SSSR count). The van der Waals surface area contributed by atoms with Gasteiger partial charge < -0.3 is 10.0 Å². The van der Waals surface area contributed by atoms with Gasteiger partial charge in [-0.25, -0.2) is 0 Å². The molecule has 2 aliphatic rings. The Morgan fingerprint density at radius 3 is 2.44 bits per heavy atom. The van der Waals surface area contributed by atoms with Crippen molar-refractivity contribution in [1.29, 1.82) is 5.26 Å². The van der Waals surface area contributed by atoms with Crippen molar-refractivity contribution in [2.45, 2.75) is 38.7 Å². The lowest BCUT2D eigenvalue weighted by Crippen LogP contribution is -2.52. The van der Waals surface area contributed by atoms with Crippen molar-refractivity contribution in [2.75, 3.05) is 13.1 Å². The highest BCUT2D eigenvalue weighted by Crippen LogP contribution is 2.46. The van der Waals surface area contributed by atoms with Crippen LogP contribution in [0.4, 0.5) is 0 Å². The van der Waals surface area contributed by atoms with Gasteiger partial charge in [0.2, 0.25) is 5.91 Å². The third-order valence-corrected chi connectivity index (χ3v) is 3.77. The molecule has 4 nitrogen and oxygen atoms in total. The molecule has 1 aliphatic carbocycles. The molecule has 0 aromatic rings. The van der Waals surface area contributed by atoms with Crippen LogP contribution < -0.4 is 0 Å². The van der Waals surface area contributed by atoms with Gasteiger partial charge in [0, 0.05) is 13.1 Å². The first-order valence-electron chi connectivity index (χ1n) is 5.96. The zero-order valence-corrected chi connectivity index (χ0v) is 9.65. The summed E-state index contributed by atoms with van der Waals surface area (Å²) in [5.41, 5.74) is -0.748. The molecule has 0 aromatic heterocycles. The van der Waals surface area contributed by atoms with E-state index < -0.39 is 5.41 Å². The maximum absolute atomic E-state index is 12.2.